The fourth-order valence-corrected chi connectivity index (χ4v) is 1.35. The van der Waals surface area contributed by atoms with E-state index >= 15 is 0 Å². The Bertz CT molecular complexity index is 261. The third kappa shape index (κ3) is 2.36. The van der Waals surface area contributed by atoms with Gasteiger partial charge in [0, 0.05) is 5.88 Å². The maximum absolute atomic E-state index is 12.8. The summed E-state index contributed by atoms with van der Waals surface area (Å²) in [6.07, 6.45) is 1.56. The first kappa shape index (κ1) is 9.82. The molecule has 0 radical (unpaired) electrons. The monoisotopic (exact) mass is 206 g/mol. The summed E-state index contributed by atoms with van der Waals surface area (Å²) in [6, 6.07) is 4.83. The summed E-state index contributed by atoms with van der Waals surface area (Å²) in [5.41, 5.74) is 0.831. The Morgan fingerprint density at radius 3 is 2.75 bits per heavy atom. The summed E-state index contributed by atoms with van der Waals surface area (Å²) in [5, 5.41) is 0.225. The second-order valence-electron chi connectivity index (χ2n) is 2.51. The molecule has 0 heterocycles. The molecule has 1 aromatic rings. The highest BCUT2D eigenvalue weighted by Crippen LogP contribution is 2.20. The van der Waals surface area contributed by atoms with Crippen LogP contribution >= 0.6 is 23.2 Å². The van der Waals surface area contributed by atoms with Crippen LogP contribution < -0.4 is 0 Å². The molecule has 0 unspecified atom stereocenters. The Hall–Kier alpha value is -0.270. The van der Waals surface area contributed by atoms with Crippen LogP contribution in [-0.2, 0) is 6.42 Å². The molecule has 0 saturated carbocycles. The predicted molar refractivity (Wildman–Crippen MR) is 50.5 cm³/mol. The van der Waals surface area contributed by atoms with Gasteiger partial charge in [-0.05, 0) is 24.5 Å². The van der Waals surface area contributed by atoms with Crippen LogP contribution in [0.1, 0.15) is 12.0 Å². The summed E-state index contributed by atoms with van der Waals surface area (Å²) in [5.74, 6) is 0.219. The van der Waals surface area contributed by atoms with Gasteiger partial charge in [-0.15, -0.1) is 11.6 Å². The van der Waals surface area contributed by atoms with Gasteiger partial charge in [0.1, 0.15) is 5.82 Å². The van der Waals surface area contributed by atoms with Gasteiger partial charge in [-0.3, -0.25) is 0 Å². The first-order chi connectivity index (χ1) is 5.75. The lowest BCUT2D eigenvalue weighted by atomic mass is 10.1. The van der Waals surface area contributed by atoms with E-state index in [1.807, 2.05) is 6.07 Å². The zero-order valence-electron chi connectivity index (χ0n) is 6.49. The second-order valence-corrected chi connectivity index (χ2v) is 3.26. The van der Waals surface area contributed by atoms with E-state index in [0.717, 1.165) is 18.4 Å². The van der Waals surface area contributed by atoms with Gasteiger partial charge < -0.3 is 0 Å². The lowest BCUT2D eigenvalue weighted by Gasteiger charge is -2.02. The zero-order chi connectivity index (χ0) is 8.97. The summed E-state index contributed by atoms with van der Waals surface area (Å²) < 4.78 is 12.8. The molecule has 0 aliphatic heterocycles. The molecule has 0 bridgehead atoms. The van der Waals surface area contributed by atoms with Gasteiger partial charge in [0.25, 0.3) is 0 Å². The van der Waals surface area contributed by atoms with E-state index in [1.54, 1.807) is 6.07 Å². The van der Waals surface area contributed by atoms with Gasteiger partial charge in [-0.25, -0.2) is 4.39 Å². The van der Waals surface area contributed by atoms with Crippen LogP contribution in [-0.4, -0.2) is 5.88 Å². The van der Waals surface area contributed by atoms with Gasteiger partial charge in [-0.2, -0.15) is 0 Å². The van der Waals surface area contributed by atoms with Crippen molar-refractivity contribution < 1.29 is 4.39 Å². The smallest absolute Gasteiger partial charge is 0.142 e. The molecule has 0 aliphatic carbocycles. The minimum absolute atomic E-state index is 0.225. The van der Waals surface area contributed by atoms with Gasteiger partial charge in [0.2, 0.25) is 0 Å². The number of benzene rings is 1. The van der Waals surface area contributed by atoms with Crippen LogP contribution in [0.5, 0.6) is 0 Å². The van der Waals surface area contributed by atoms with Crippen molar-refractivity contribution in [1.29, 1.82) is 0 Å². The molecule has 0 spiro atoms. The lowest BCUT2D eigenvalue weighted by molar-refractivity contribution is 0.625. The van der Waals surface area contributed by atoms with E-state index < -0.39 is 0 Å². The summed E-state index contributed by atoms with van der Waals surface area (Å²) in [7, 11) is 0. The van der Waals surface area contributed by atoms with Gasteiger partial charge in [0.05, 0.1) is 5.02 Å². The predicted octanol–water partition coefficient (Wildman–Crippen LogP) is 3.65. The third-order valence-corrected chi connectivity index (χ3v) is 2.30. The van der Waals surface area contributed by atoms with Crippen LogP contribution in [0.4, 0.5) is 4.39 Å². The maximum atomic E-state index is 12.8. The van der Waals surface area contributed by atoms with E-state index in [9.17, 15) is 4.39 Å². The standard InChI is InChI=1S/C9H9Cl2F/c10-6-2-4-7-3-1-5-8(12)9(7)11/h1,3,5H,2,4,6H2. The molecule has 0 N–H and O–H groups in total. The van der Waals surface area contributed by atoms with Crippen molar-refractivity contribution in [2.45, 2.75) is 12.8 Å². The minimum Gasteiger partial charge on any atom is -0.205 e. The highest BCUT2D eigenvalue weighted by molar-refractivity contribution is 6.31. The molecule has 1 rings (SSSR count). The first-order valence-electron chi connectivity index (χ1n) is 3.74. The normalized spacial score (nSPS) is 10.2. The molecule has 0 aliphatic rings. The second kappa shape index (κ2) is 4.68. The molecule has 66 valence electrons. The number of halogens is 3. The summed E-state index contributed by atoms with van der Waals surface area (Å²) in [4.78, 5) is 0. The highest BCUT2D eigenvalue weighted by atomic mass is 35.5. The van der Waals surface area contributed by atoms with Gasteiger partial charge in [-0.1, -0.05) is 23.7 Å². The fraction of sp³-hybridized carbons (Fsp3) is 0.333. The SMILES string of the molecule is Fc1cccc(CCCCl)c1Cl. The Labute approximate surface area is 81.3 Å². The van der Waals surface area contributed by atoms with Crippen LogP contribution in [0.25, 0.3) is 0 Å². The molecule has 0 aromatic heterocycles. The average molecular weight is 207 g/mol. The fourth-order valence-electron chi connectivity index (χ4n) is 0.999. The van der Waals surface area contributed by atoms with Crippen molar-refractivity contribution >= 4 is 23.2 Å². The topological polar surface area (TPSA) is 0 Å². The Morgan fingerprint density at radius 1 is 1.33 bits per heavy atom. The van der Waals surface area contributed by atoms with Crippen molar-refractivity contribution in [2.24, 2.45) is 0 Å². The van der Waals surface area contributed by atoms with E-state index in [0.29, 0.717) is 5.88 Å². The van der Waals surface area contributed by atoms with Crippen LogP contribution in [0.3, 0.4) is 0 Å². The number of rotatable bonds is 3. The molecule has 1 aromatic carbocycles. The minimum atomic E-state index is -0.358. The van der Waals surface area contributed by atoms with Crippen molar-refractivity contribution in [3.8, 4) is 0 Å². The van der Waals surface area contributed by atoms with Crippen molar-refractivity contribution in [1.82, 2.24) is 0 Å². The van der Waals surface area contributed by atoms with E-state index in [1.165, 1.54) is 6.07 Å². The van der Waals surface area contributed by atoms with Gasteiger partial charge >= 0.3 is 0 Å². The van der Waals surface area contributed by atoms with Crippen LogP contribution in [0, 0.1) is 5.82 Å². The third-order valence-electron chi connectivity index (χ3n) is 1.61. The van der Waals surface area contributed by atoms with E-state index in [-0.39, 0.29) is 10.8 Å². The van der Waals surface area contributed by atoms with Crippen LogP contribution in [0.2, 0.25) is 5.02 Å². The molecule has 0 nitrogen and oxygen atoms in total. The highest BCUT2D eigenvalue weighted by Gasteiger charge is 2.03. The quantitative estimate of drug-likeness (QED) is 0.663. The zero-order valence-corrected chi connectivity index (χ0v) is 8.00. The number of hydrogen-bond acceptors (Lipinski definition) is 0. The number of alkyl halides is 1. The Morgan fingerprint density at radius 2 is 2.08 bits per heavy atom. The molecular formula is C9H9Cl2F. The van der Waals surface area contributed by atoms with E-state index in [2.05, 4.69) is 0 Å². The summed E-state index contributed by atoms with van der Waals surface area (Å²) in [6.45, 7) is 0. The van der Waals surface area contributed by atoms with E-state index in [4.69, 9.17) is 23.2 Å². The average Bonchev–Trinajstić information content (AvgIpc) is 2.08. The molecule has 3 heteroatoms. The maximum Gasteiger partial charge on any atom is 0.142 e. The molecule has 0 atom stereocenters. The van der Waals surface area contributed by atoms with Crippen molar-refractivity contribution in [3.63, 3.8) is 0 Å². The molecule has 12 heavy (non-hydrogen) atoms. The molecule has 0 fully saturated rings. The molecular weight excluding hydrogens is 198 g/mol. The number of aryl methyl sites for hydroxylation is 1. The van der Waals surface area contributed by atoms with Crippen LogP contribution in [0.15, 0.2) is 18.2 Å². The lowest BCUT2D eigenvalue weighted by Crippen LogP contribution is -1.89. The van der Waals surface area contributed by atoms with Gasteiger partial charge in [0.15, 0.2) is 0 Å². The largest absolute Gasteiger partial charge is 0.205 e. The molecule has 0 amide bonds. The van der Waals surface area contributed by atoms with Crippen molar-refractivity contribution in [3.05, 3.63) is 34.6 Å². The van der Waals surface area contributed by atoms with Crippen molar-refractivity contribution in [2.75, 3.05) is 5.88 Å². The first-order valence-corrected chi connectivity index (χ1v) is 4.66. The number of hydrogen-bond donors (Lipinski definition) is 0. The summed E-state index contributed by atoms with van der Waals surface area (Å²) >= 11 is 11.2. The molecule has 0 saturated heterocycles. The Balaban J connectivity index is 2.78. The Kier molecular flexibility index (Phi) is 3.83.